The minimum absolute atomic E-state index is 0.363. The molecule has 1 aromatic rings. The average molecular weight is 370 g/mol. The van der Waals surface area contributed by atoms with Gasteiger partial charge in [0.25, 0.3) is 0 Å². The van der Waals surface area contributed by atoms with Gasteiger partial charge in [0.05, 0.1) is 13.1 Å². The molecule has 0 bridgehead atoms. The number of halogens is 1. The fourth-order valence-corrected chi connectivity index (χ4v) is 4.52. The molecule has 0 radical (unpaired) electrons. The van der Waals surface area contributed by atoms with E-state index in [9.17, 15) is 9.59 Å². The van der Waals surface area contributed by atoms with E-state index < -0.39 is 5.91 Å². The van der Waals surface area contributed by atoms with Crippen molar-refractivity contribution in [3.63, 3.8) is 0 Å². The van der Waals surface area contributed by atoms with E-state index in [4.69, 9.17) is 0 Å². The standard InChI is InChI=1S/C13H14BrN4O2S/c14-13-16-15-10(21-13)6-17-1-2-18(12(20)11(17)19)9-4-7-3-8(7)5-9/h7-8H,1-6H2/q+1/t7-,8+. The highest BCUT2D eigenvalue weighted by molar-refractivity contribution is 9.11. The van der Waals surface area contributed by atoms with Crippen LogP contribution in [-0.2, 0) is 16.1 Å². The van der Waals surface area contributed by atoms with E-state index >= 15 is 0 Å². The van der Waals surface area contributed by atoms with Gasteiger partial charge in [-0.15, -0.1) is 10.2 Å². The lowest BCUT2D eigenvalue weighted by molar-refractivity contribution is -0.453. The Morgan fingerprint density at radius 3 is 2.71 bits per heavy atom. The number of hydrogen-bond donors (Lipinski definition) is 0. The molecule has 0 spiro atoms. The lowest BCUT2D eigenvalue weighted by Crippen LogP contribution is -2.51. The molecule has 3 fully saturated rings. The number of piperazine rings is 1. The van der Waals surface area contributed by atoms with E-state index in [1.807, 2.05) is 0 Å². The van der Waals surface area contributed by atoms with Gasteiger partial charge in [0.15, 0.2) is 16.2 Å². The smallest absolute Gasteiger partial charge is 0.317 e. The van der Waals surface area contributed by atoms with Gasteiger partial charge >= 0.3 is 11.8 Å². The van der Waals surface area contributed by atoms with Crippen molar-refractivity contribution in [2.24, 2.45) is 11.8 Å². The lowest BCUT2D eigenvalue weighted by Gasteiger charge is -2.23. The SMILES string of the molecule is O=C1C(=O)[N+](=C2C[C@@H]3C[C@@H]3C2)CCN1Cc1nnc(Br)s1. The van der Waals surface area contributed by atoms with Crippen LogP contribution in [0.25, 0.3) is 0 Å². The maximum atomic E-state index is 12.3. The van der Waals surface area contributed by atoms with E-state index in [2.05, 4.69) is 26.1 Å². The van der Waals surface area contributed by atoms with Crippen LogP contribution in [0, 0.1) is 11.8 Å². The Morgan fingerprint density at radius 1 is 1.29 bits per heavy atom. The fourth-order valence-electron chi connectivity index (χ4n) is 3.31. The molecule has 1 saturated heterocycles. The molecule has 2 heterocycles. The van der Waals surface area contributed by atoms with Crippen molar-refractivity contribution in [1.82, 2.24) is 15.1 Å². The monoisotopic (exact) mass is 369 g/mol. The number of hydrogen-bond acceptors (Lipinski definition) is 5. The number of fused-ring (bicyclic) bond motifs is 1. The zero-order valence-electron chi connectivity index (χ0n) is 11.3. The minimum atomic E-state index is -0.416. The number of amides is 2. The van der Waals surface area contributed by atoms with Gasteiger partial charge in [0.1, 0.15) is 5.01 Å². The second-order valence-electron chi connectivity index (χ2n) is 5.86. The fraction of sp³-hybridized carbons (Fsp3) is 0.615. The Bertz CT molecular complexity index is 659. The molecule has 0 N–H and O–H groups in total. The van der Waals surface area contributed by atoms with Gasteiger partial charge in [-0.2, -0.15) is 4.58 Å². The van der Waals surface area contributed by atoms with Gasteiger partial charge in [-0.1, -0.05) is 11.3 Å². The molecule has 2 atom stereocenters. The summed E-state index contributed by atoms with van der Waals surface area (Å²) in [6, 6.07) is 0. The number of nitrogens with zero attached hydrogens (tertiary/aromatic N) is 4. The normalized spacial score (nSPS) is 31.8. The summed E-state index contributed by atoms with van der Waals surface area (Å²) >= 11 is 4.64. The molecule has 21 heavy (non-hydrogen) atoms. The first-order valence-corrected chi connectivity index (χ1v) is 8.66. The van der Waals surface area contributed by atoms with Crippen LogP contribution in [-0.4, -0.2) is 50.3 Å². The maximum Gasteiger partial charge on any atom is 0.477 e. The highest BCUT2D eigenvalue weighted by Crippen LogP contribution is 2.50. The van der Waals surface area contributed by atoms with Gasteiger partial charge in [0, 0.05) is 12.8 Å². The number of aromatic nitrogens is 2. The molecule has 3 aliphatic rings. The summed E-state index contributed by atoms with van der Waals surface area (Å²) in [6.45, 7) is 1.54. The van der Waals surface area contributed by atoms with Crippen LogP contribution >= 0.6 is 27.3 Å². The van der Waals surface area contributed by atoms with E-state index in [0.29, 0.717) is 23.6 Å². The predicted octanol–water partition coefficient (Wildman–Crippen LogP) is 1.05. The summed E-state index contributed by atoms with van der Waals surface area (Å²) in [5.74, 6) is 0.765. The molecule has 4 rings (SSSR count). The van der Waals surface area contributed by atoms with Gasteiger partial charge in [-0.25, -0.2) is 4.79 Å². The Balaban J connectivity index is 1.49. The van der Waals surface area contributed by atoms with Gasteiger partial charge in [-0.3, -0.25) is 4.79 Å². The Morgan fingerprint density at radius 2 is 2.05 bits per heavy atom. The third-order valence-corrected chi connectivity index (χ3v) is 5.86. The zero-order valence-corrected chi connectivity index (χ0v) is 13.7. The Kier molecular flexibility index (Phi) is 3.18. The third kappa shape index (κ3) is 2.44. The second kappa shape index (κ2) is 4.95. The molecule has 0 unspecified atom stereocenters. The molecule has 2 amide bonds. The van der Waals surface area contributed by atoms with E-state index in [-0.39, 0.29) is 5.91 Å². The van der Waals surface area contributed by atoms with Crippen LogP contribution in [0.5, 0.6) is 0 Å². The molecule has 1 aliphatic heterocycles. The molecule has 6 nitrogen and oxygen atoms in total. The Labute approximate surface area is 134 Å². The first kappa shape index (κ1) is 13.5. The molecule has 2 aliphatic carbocycles. The molecule has 2 saturated carbocycles. The first-order chi connectivity index (χ1) is 10.1. The summed E-state index contributed by atoms with van der Waals surface area (Å²) in [4.78, 5) is 26.1. The van der Waals surface area contributed by atoms with Gasteiger partial charge in [0.2, 0.25) is 0 Å². The van der Waals surface area contributed by atoms with Crippen molar-refractivity contribution < 1.29 is 14.2 Å². The van der Waals surface area contributed by atoms with Crippen molar-refractivity contribution in [3.8, 4) is 0 Å². The number of carbonyl (C=O) groups excluding carboxylic acids is 2. The maximum absolute atomic E-state index is 12.3. The van der Waals surface area contributed by atoms with Crippen molar-refractivity contribution in [2.75, 3.05) is 13.1 Å². The van der Waals surface area contributed by atoms with Crippen LogP contribution < -0.4 is 0 Å². The topological polar surface area (TPSA) is 66.2 Å². The number of carbonyl (C=O) groups is 2. The molecule has 110 valence electrons. The molecule has 1 aromatic heterocycles. The predicted molar refractivity (Wildman–Crippen MR) is 79.0 cm³/mol. The van der Waals surface area contributed by atoms with Crippen LogP contribution in [0.1, 0.15) is 24.3 Å². The van der Waals surface area contributed by atoms with Gasteiger partial charge < -0.3 is 4.90 Å². The van der Waals surface area contributed by atoms with Crippen LogP contribution in [0.3, 0.4) is 0 Å². The summed E-state index contributed by atoms with van der Waals surface area (Å²) < 4.78 is 2.41. The van der Waals surface area contributed by atoms with Crippen molar-refractivity contribution in [1.29, 1.82) is 0 Å². The minimum Gasteiger partial charge on any atom is -0.317 e. The Hall–Kier alpha value is -1.15. The van der Waals surface area contributed by atoms with Crippen LogP contribution in [0.4, 0.5) is 0 Å². The van der Waals surface area contributed by atoms with Crippen molar-refractivity contribution >= 4 is 44.8 Å². The van der Waals surface area contributed by atoms with E-state index in [1.54, 1.807) is 9.48 Å². The molecule has 8 heteroatoms. The van der Waals surface area contributed by atoms with Crippen molar-refractivity contribution in [3.05, 3.63) is 8.92 Å². The average Bonchev–Trinajstić information content (AvgIpc) is 2.87. The quantitative estimate of drug-likeness (QED) is 0.577. The summed E-state index contributed by atoms with van der Waals surface area (Å²) in [6.07, 6.45) is 3.32. The van der Waals surface area contributed by atoms with Crippen LogP contribution in [0.2, 0.25) is 0 Å². The molecule has 0 aromatic carbocycles. The highest BCUT2D eigenvalue weighted by atomic mass is 79.9. The summed E-state index contributed by atoms with van der Waals surface area (Å²) in [5, 5.41) is 8.59. The van der Waals surface area contributed by atoms with Crippen LogP contribution in [0.15, 0.2) is 3.92 Å². The highest BCUT2D eigenvalue weighted by Gasteiger charge is 2.50. The molecular formula is C13H14BrN4O2S+. The first-order valence-electron chi connectivity index (χ1n) is 7.05. The third-order valence-electron chi connectivity index (χ3n) is 4.52. The van der Waals surface area contributed by atoms with Crippen molar-refractivity contribution in [2.45, 2.75) is 25.8 Å². The zero-order chi connectivity index (χ0) is 14.6. The summed E-state index contributed by atoms with van der Waals surface area (Å²) in [5.41, 5.74) is 1.17. The van der Waals surface area contributed by atoms with Gasteiger partial charge in [-0.05, 0) is 34.2 Å². The summed E-state index contributed by atoms with van der Waals surface area (Å²) in [7, 11) is 0. The largest absolute Gasteiger partial charge is 0.477 e. The van der Waals surface area contributed by atoms with E-state index in [0.717, 1.165) is 29.7 Å². The number of rotatable bonds is 2. The second-order valence-corrected chi connectivity index (χ2v) is 8.20. The van der Waals surface area contributed by atoms with E-state index in [1.165, 1.54) is 23.5 Å². The lowest BCUT2D eigenvalue weighted by atomic mass is 10.2. The molecular weight excluding hydrogens is 356 g/mol.